The van der Waals surface area contributed by atoms with Gasteiger partial charge in [-0.25, -0.2) is 0 Å². The highest BCUT2D eigenvalue weighted by atomic mass is 16.3. The molecule has 0 fully saturated rings. The molecule has 1 rings (SSSR count). The van der Waals surface area contributed by atoms with Crippen LogP contribution in [0.5, 0.6) is 0 Å². The van der Waals surface area contributed by atoms with E-state index in [0.717, 1.165) is 18.4 Å². The maximum Gasteiger partial charge on any atom is 0.0795 e. The van der Waals surface area contributed by atoms with Crippen molar-refractivity contribution in [3.8, 4) is 0 Å². The number of rotatable bonds is 4. The first-order valence-electron chi connectivity index (χ1n) is 6.94. The molecule has 0 spiro atoms. The van der Waals surface area contributed by atoms with Crippen LogP contribution in [0.4, 0.5) is 0 Å². The van der Waals surface area contributed by atoms with E-state index in [4.69, 9.17) is 0 Å². The lowest BCUT2D eigenvalue weighted by molar-refractivity contribution is 0.133. The minimum Gasteiger partial charge on any atom is -0.388 e. The molecule has 2 unspecified atom stereocenters. The SMILES string of the molecule is Cc1ccc(C(O)CC(C)CC(C)(C)C)c(C)c1. The van der Waals surface area contributed by atoms with Crippen LogP contribution in [0.25, 0.3) is 0 Å². The van der Waals surface area contributed by atoms with Crippen LogP contribution in [-0.4, -0.2) is 5.11 Å². The molecule has 0 aromatic heterocycles. The van der Waals surface area contributed by atoms with Gasteiger partial charge in [0.05, 0.1) is 6.10 Å². The highest BCUT2D eigenvalue weighted by Crippen LogP contribution is 2.31. The fourth-order valence-electron chi connectivity index (χ4n) is 2.84. The van der Waals surface area contributed by atoms with Gasteiger partial charge < -0.3 is 5.11 Å². The third-order valence-electron chi connectivity index (χ3n) is 3.37. The summed E-state index contributed by atoms with van der Waals surface area (Å²) in [5.41, 5.74) is 3.87. The molecule has 0 heterocycles. The highest BCUT2D eigenvalue weighted by Gasteiger charge is 2.19. The summed E-state index contributed by atoms with van der Waals surface area (Å²) in [5.74, 6) is 0.542. The maximum atomic E-state index is 10.4. The molecule has 1 heteroatoms. The van der Waals surface area contributed by atoms with E-state index in [1.807, 2.05) is 0 Å². The summed E-state index contributed by atoms with van der Waals surface area (Å²) in [6.45, 7) is 13.2. The van der Waals surface area contributed by atoms with Gasteiger partial charge in [-0.2, -0.15) is 0 Å². The molecule has 1 aromatic carbocycles. The number of aliphatic hydroxyl groups excluding tert-OH is 1. The van der Waals surface area contributed by atoms with Gasteiger partial charge in [0.2, 0.25) is 0 Å². The third kappa shape index (κ3) is 4.81. The Kier molecular flexibility index (Phi) is 4.98. The number of hydrogen-bond acceptors (Lipinski definition) is 1. The molecular formula is C17H28O. The predicted octanol–water partition coefficient (Wildman–Crippen LogP) is 4.80. The van der Waals surface area contributed by atoms with E-state index < -0.39 is 0 Å². The molecule has 102 valence electrons. The fraction of sp³-hybridized carbons (Fsp3) is 0.647. The van der Waals surface area contributed by atoms with Gasteiger partial charge in [0.25, 0.3) is 0 Å². The van der Waals surface area contributed by atoms with Crippen molar-refractivity contribution in [3.05, 3.63) is 34.9 Å². The monoisotopic (exact) mass is 248 g/mol. The average Bonchev–Trinajstić information content (AvgIpc) is 2.13. The molecule has 1 N–H and O–H groups in total. The quantitative estimate of drug-likeness (QED) is 0.811. The zero-order valence-corrected chi connectivity index (χ0v) is 12.7. The highest BCUT2D eigenvalue weighted by molar-refractivity contribution is 5.31. The van der Waals surface area contributed by atoms with Crippen LogP contribution in [0, 0.1) is 25.2 Å². The lowest BCUT2D eigenvalue weighted by atomic mass is 9.82. The molecule has 1 nitrogen and oxygen atoms in total. The Morgan fingerprint density at radius 2 is 1.78 bits per heavy atom. The van der Waals surface area contributed by atoms with Crippen LogP contribution in [0.2, 0.25) is 0 Å². The van der Waals surface area contributed by atoms with E-state index in [9.17, 15) is 5.11 Å². The summed E-state index contributed by atoms with van der Waals surface area (Å²) in [5, 5.41) is 10.4. The van der Waals surface area contributed by atoms with Gasteiger partial charge in [-0.05, 0) is 49.1 Å². The van der Waals surface area contributed by atoms with E-state index in [2.05, 4.69) is 59.7 Å². The van der Waals surface area contributed by atoms with E-state index >= 15 is 0 Å². The summed E-state index contributed by atoms with van der Waals surface area (Å²) in [7, 11) is 0. The average molecular weight is 248 g/mol. The number of benzene rings is 1. The Morgan fingerprint density at radius 1 is 1.17 bits per heavy atom. The number of aryl methyl sites for hydroxylation is 2. The Labute approximate surface area is 112 Å². The van der Waals surface area contributed by atoms with Gasteiger partial charge in [-0.3, -0.25) is 0 Å². The van der Waals surface area contributed by atoms with Gasteiger partial charge in [0, 0.05) is 0 Å². The van der Waals surface area contributed by atoms with Crippen molar-refractivity contribution in [2.45, 2.75) is 60.5 Å². The summed E-state index contributed by atoms with van der Waals surface area (Å²) < 4.78 is 0. The van der Waals surface area contributed by atoms with E-state index in [0.29, 0.717) is 11.3 Å². The van der Waals surface area contributed by atoms with E-state index in [-0.39, 0.29) is 6.10 Å². The van der Waals surface area contributed by atoms with Gasteiger partial charge in [-0.1, -0.05) is 51.5 Å². The predicted molar refractivity (Wildman–Crippen MR) is 78.7 cm³/mol. The van der Waals surface area contributed by atoms with Crippen LogP contribution in [-0.2, 0) is 0 Å². The Morgan fingerprint density at radius 3 is 2.28 bits per heavy atom. The summed E-state index contributed by atoms with van der Waals surface area (Å²) in [4.78, 5) is 0. The van der Waals surface area contributed by atoms with Gasteiger partial charge in [-0.15, -0.1) is 0 Å². The molecule has 0 bridgehead atoms. The second kappa shape index (κ2) is 5.88. The lowest BCUT2D eigenvalue weighted by Gasteiger charge is -2.25. The zero-order chi connectivity index (χ0) is 13.9. The smallest absolute Gasteiger partial charge is 0.0795 e. The first kappa shape index (κ1) is 15.2. The van der Waals surface area contributed by atoms with Crippen LogP contribution in [0.15, 0.2) is 18.2 Å². The molecule has 0 saturated carbocycles. The van der Waals surface area contributed by atoms with Crippen molar-refractivity contribution in [1.29, 1.82) is 0 Å². The minimum atomic E-state index is -0.331. The van der Waals surface area contributed by atoms with Gasteiger partial charge in [0.15, 0.2) is 0 Å². The first-order valence-corrected chi connectivity index (χ1v) is 6.94. The van der Waals surface area contributed by atoms with E-state index in [1.165, 1.54) is 11.1 Å². The zero-order valence-electron chi connectivity index (χ0n) is 12.7. The molecule has 18 heavy (non-hydrogen) atoms. The molecule has 0 amide bonds. The van der Waals surface area contributed by atoms with Crippen molar-refractivity contribution < 1.29 is 5.11 Å². The second-order valence-corrected chi connectivity index (χ2v) is 6.98. The van der Waals surface area contributed by atoms with Gasteiger partial charge >= 0.3 is 0 Å². The van der Waals surface area contributed by atoms with Crippen LogP contribution < -0.4 is 0 Å². The molecule has 0 aliphatic carbocycles. The van der Waals surface area contributed by atoms with Crippen molar-refractivity contribution >= 4 is 0 Å². The Balaban J connectivity index is 2.67. The lowest BCUT2D eigenvalue weighted by Crippen LogP contribution is -2.14. The van der Waals surface area contributed by atoms with Crippen LogP contribution in [0.1, 0.15) is 63.3 Å². The summed E-state index contributed by atoms with van der Waals surface area (Å²) >= 11 is 0. The summed E-state index contributed by atoms with van der Waals surface area (Å²) in [6.07, 6.45) is 1.67. The molecule has 1 aromatic rings. The Bertz CT molecular complexity index is 387. The first-order chi connectivity index (χ1) is 8.19. The molecule has 2 atom stereocenters. The normalized spacial score (nSPS) is 15.5. The van der Waals surface area contributed by atoms with Crippen molar-refractivity contribution in [3.63, 3.8) is 0 Å². The number of hydrogen-bond donors (Lipinski definition) is 1. The summed E-state index contributed by atoms with van der Waals surface area (Å²) in [6, 6.07) is 6.30. The van der Waals surface area contributed by atoms with Gasteiger partial charge in [0.1, 0.15) is 0 Å². The molecule has 0 radical (unpaired) electrons. The van der Waals surface area contributed by atoms with Crippen molar-refractivity contribution in [2.75, 3.05) is 0 Å². The second-order valence-electron chi connectivity index (χ2n) is 6.98. The molecule has 0 aliphatic heterocycles. The third-order valence-corrected chi connectivity index (χ3v) is 3.37. The van der Waals surface area contributed by atoms with Crippen LogP contribution >= 0.6 is 0 Å². The Hall–Kier alpha value is -0.820. The van der Waals surface area contributed by atoms with Crippen molar-refractivity contribution in [2.24, 2.45) is 11.3 Å². The largest absolute Gasteiger partial charge is 0.388 e. The maximum absolute atomic E-state index is 10.4. The fourth-order valence-corrected chi connectivity index (χ4v) is 2.84. The van der Waals surface area contributed by atoms with E-state index in [1.54, 1.807) is 0 Å². The number of aliphatic hydroxyl groups is 1. The molecule has 0 saturated heterocycles. The topological polar surface area (TPSA) is 20.2 Å². The molecular weight excluding hydrogens is 220 g/mol. The minimum absolute atomic E-state index is 0.331. The molecule has 0 aliphatic rings. The van der Waals surface area contributed by atoms with Crippen molar-refractivity contribution in [1.82, 2.24) is 0 Å². The van der Waals surface area contributed by atoms with Crippen LogP contribution in [0.3, 0.4) is 0 Å². The standard InChI is InChI=1S/C17H28O/c1-12-7-8-15(14(3)9-12)16(18)10-13(2)11-17(4,5)6/h7-9,13,16,18H,10-11H2,1-6H3.